The first kappa shape index (κ1) is 14.2. The van der Waals surface area contributed by atoms with Crippen LogP contribution in [0.5, 0.6) is 0 Å². The first-order chi connectivity index (χ1) is 8.65. The van der Waals surface area contributed by atoms with Gasteiger partial charge in [-0.25, -0.2) is 8.42 Å². The van der Waals surface area contributed by atoms with Gasteiger partial charge in [0.2, 0.25) is 10.0 Å². The van der Waals surface area contributed by atoms with Crippen LogP contribution in [0.3, 0.4) is 0 Å². The number of methoxy groups -OCH3 is 1. The molecule has 0 saturated carbocycles. The minimum atomic E-state index is -3.13. The Bertz CT molecular complexity index is 352. The lowest BCUT2D eigenvalue weighted by molar-refractivity contribution is 0.209. The van der Waals surface area contributed by atoms with E-state index in [9.17, 15) is 8.42 Å². The fourth-order valence-corrected chi connectivity index (χ4v) is 4.83. The van der Waals surface area contributed by atoms with Gasteiger partial charge >= 0.3 is 0 Å². The molecule has 1 atom stereocenters. The number of nitrogens with one attached hydrogen (secondary N) is 1. The Morgan fingerprint density at radius 3 is 2.67 bits per heavy atom. The number of rotatable bonds is 5. The average molecular weight is 276 g/mol. The van der Waals surface area contributed by atoms with Gasteiger partial charge in [-0.15, -0.1) is 0 Å². The van der Waals surface area contributed by atoms with Gasteiger partial charge < -0.3 is 10.1 Å². The SMILES string of the molecule is COCCS(=O)(=O)N1CCCC1C1CCNCC1. The molecule has 2 rings (SSSR count). The van der Waals surface area contributed by atoms with E-state index >= 15 is 0 Å². The monoisotopic (exact) mass is 276 g/mol. The van der Waals surface area contributed by atoms with E-state index in [1.807, 2.05) is 0 Å². The fraction of sp³-hybridized carbons (Fsp3) is 1.00. The molecule has 0 bridgehead atoms. The van der Waals surface area contributed by atoms with Crippen molar-refractivity contribution >= 4 is 10.0 Å². The number of piperidine rings is 1. The third-order valence-electron chi connectivity index (χ3n) is 4.08. The smallest absolute Gasteiger partial charge is 0.216 e. The van der Waals surface area contributed by atoms with Crippen molar-refractivity contribution in [3.8, 4) is 0 Å². The molecule has 5 nitrogen and oxygen atoms in total. The maximum atomic E-state index is 12.3. The summed E-state index contributed by atoms with van der Waals surface area (Å²) < 4.78 is 31.2. The van der Waals surface area contributed by atoms with Crippen LogP contribution in [0.1, 0.15) is 25.7 Å². The number of sulfonamides is 1. The van der Waals surface area contributed by atoms with Crippen molar-refractivity contribution in [2.75, 3.05) is 39.1 Å². The van der Waals surface area contributed by atoms with Crippen LogP contribution in [-0.4, -0.2) is 57.9 Å². The van der Waals surface area contributed by atoms with Crippen LogP contribution in [0.15, 0.2) is 0 Å². The summed E-state index contributed by atoms with van der Waals surface area (Å²) in [5.74, 6) is 0.649. The molecular formula is C12H24N2O3S. The lowest BCUT2D eigenvalue weighted by Crippen LogP contribution is -2.44. The molecule has 1 unspecified atom stereocenters. The highest BCUT2D eigenvalue weighted by atomic mass is 32.2. The number of hydrogen-bond acceptors (Lipinski definition) is 4. The minimum absolute atomic E-state index is 0.116. The van der Waals surface area contributed by atoms with Crippen LogP contribution in [0.4, 0.5) is 0 Å². The molecule has 0 aromatic heterocycles. The van der Waals surface area contributed by atoms with Gasteiger partial charge in [0.25, 0.3) is 0 Å². The highest BCUT2D eigenvalue weighted by Crippen LogP contribution is 2.31. The minimum Gasteiger partial charge on any atom is -0.384 e. The fourth-order valence-electron chi connectivity index (χ4n) is 3.12. The molecule has 2 saturated heterocycles. The zero-order chi connectivity index (χ0) is 13.0. The van der Waals surface area contributed by atoms with Crippen LogP contribution in [0.25, 0.3) is 0 Å². The Balaban J connectivity index is 2.02. The van der Waals surface area contributed by atoms with Crippen LogP contribution in [-0.2, 0) is 14.8 Å². The molecule has 0 amide bonds. The predicted molar refractivity (Wildman–Crippen MR) is 71.0 cm³/mol. The molecule has 18 heavy (non-hydrogen) atoms. The summed E-state index contributed by atoms with van der Waals surface area (Å²) in [5.41, 5.74) is 0. The molecule has 0 aliphatic carbocycles. The Kier molecular flexibility index (Phi) is 5.00. The molecule has 6 heteroatoms. The summed E-state index contributed by atoms with van der Waals surface area (Å²) in [6.07, 6.45) is 4.22. The number of hydrogen-bond donors (Lipinski definition) is 1. The highest BCUT2D eigenvalue weighted by Gasteiger charge is 2.38. The molecule has 2 fully saturated rings. The zero-order valence-electron chi connectivity index (χ0n) is 11.1. The standard InChI is InChI=1S/C12H24N2O3S/c1-17-9-10-18(15,16)14-8-2-3-12(14)11-4-6-13-7-5-11/h11-13H,2-10H2,1H3. The van der Waals surface area contributed by atoms with Crippen molar-refractivity contribution in [3.63, 3.8) is 0 Å². The molecule has 2 aliphatic heterocycles. The summed E-state index contributed by atoms with van der Waals surface area (Å²) >= 11 is 0. The molecule has 2 aliphatic rings. The third-order valence-corrected chi connectivity index (χ3v) is 5.93. The second kappa shape index (κ2) is 6.32. The van der Waals surface area contributed by atoms with Crippen molar-refractivity contribution < 1.29 is 13.2 Å². The largest absolute Gasteiger partial charge is 0.384 e. The lowest BCUT2D eigenvalue weighted by Gasteiger charge is -2.33. The van der Waals surface area contributed by atoms with Crippen molar-refractivity contribution in [2.45, 2.75) is 31.7 Å². The Hall–Kier alpha value is -0.170. The van der Waals surface area contributed by atoms with Gasteiger partial charge in [0.05, 0.1) is 12.4 Å². The Morgan fingerprint density at radius 1 is 1.28 bits per heavy atom. The van der Waals surface area contributed by atoms with E-state index in [-0.39, 0.29) is 18.4 Å². The van der Waals surface area contributed by atoms with Gasteiger partial charge in [0, 0.05) is 19.7 Å². The van der Waals surface area contributed by atoms with Gasteiger partial charge in [-0.05, 0) is 44.7 Å². The van der Waals surface area contributed by atoms with E-state index in [0.29, 0.717) is 12.5 Å². The normalized spacial score (nSPS) is 27.7. The van der Waals surface area contributed by atoms with Crippen LogP contribution in [0.2, 0.25) is 0 Å². The molecule has 0 spiro atoms. The molecule has 1 N–H and O–H groups in total. The van der Waals surface area contributed by atoms with Gasteiger partial charge in [0.15, 0.2) is 0 Å². The van der Waals surface area contributed by atoms with Crippen LogP contribution >= 0.6 is 0 Å². The molecule has 0 radical (unpaired) electrons. The van der Waals surface area contributed by atoms with Gasteiger partial charge in [-0.3, -0.25) is 0 Å². The summed E-state index contributed by atoms with van der Waals surface area (Å²) in [6, 6.07) is 0.231. The first-order valence-corrected chi connectivity index (χ1v) is 8.45. The maximum absolute atomic E-state index is 12.3. The third kappa shape index (κ3) is 3.23. The summed E-state index contributed by atoms with van der Waals surface area (Å²) in [4.78, 5) is 0. The van der Waals surface area contributed by atoms with Gasteiger partial charge in [-0.2, -0.15) is 4.31 Å². The summed E-state index contributed by atoms with van der Waals surface area (Å²) in [7, 11) is -1.59. The van der Waals surface area contributed by atoms with E-state index in [1.165, 1.54) is 0 Å². The quantitative estimate of drug-likeness (QED) is 0.791. The molecule has 2 heterocycles. The second-order valence-electron chi connectivity index (χ2n) is 5.22. The van der Waals surface area contributed by atoms with Crippen molar-refractivity contribution in [1.29, 1.82) is 0 Å². The van der Waals surface area contributed by atoms with Crippen molar-refractivity contribution in [2.24, 2.45) is 5.92 Å². The van der Waals surface area contributed by atoms with E-state index < -0.39 is 10.0 Å². The zero-order valence-corrected chi connectivity index (χ0v) is 11.9. The predicted octanol–water partition coefficient (Wildman–Crippen LogP) is 0.427. The number of nitrogens with zero attached hydrogens (tertiary/aromatic N) is 1. The van der Waals surface area contributed by atoms with Gasteiger partial charge in [-0.1, -0.05) is 0 Å². The Labute approximate surface area is 110 Å². The number of ether oxygens (including phenoxy) is 1. The molecule has 106 valence electrons. The topological polar surface area (TPSA) is 58.6 Å². The first-order valence-electron chi connectivity index (χ1n) is 6.84. The molecule has 0 aromatic rings. The van der Waals surface area contributed by atoms with Gasteiger partial charge in [0.1, 0.15) is 0 Å². The van der Waals surface area contributed by atoms with Crippen molar-refractivity contribution in [1.82, 2.24) is 9.62 Å². The average Bonchev–Trinajstić information content (AvgIpc) is 2.87. The molecular weight excluding hydrogens is 252 g/mol. The van der Waals surface area contributed by atoms with E-state index in [1.54, 1.807) is 11.4 Å². The van der Waals surface area contributed by atoms with E-state index in [0.717, 1.165) is 38.8 Å². The Morgan fingerprint density at radius 2 is 2.00 bits per heavy atom. The maximum Gasteiger partial charge on any atom is 0.216 e. The molecule has 0 aromatic carbocycles. The van der Waals surface area contributed by atoms with Crippen molar-refractivity contribution in [3.05, 3.63) is 0 Å². The highest BCUT2D eigenvalue weighted by molar-refractivity contribution is 7.89. The van der Waals surface area contributed by atoms with Crippen LogP contribution in [0, 0.1) is 5.92 Å². The van der Waals surface area contributed by atoms with E-state index in [4.69, 9.17) is 4.74 Å². The summed E-state index contributed by atoms with van der Waals surface area (Å²) in [5, 5.41) is 3.34. The second-order valence-corrected chi connectivity index (χ2v) is 7.26. The summed E-state index contributed by atoms with van der Waals surface area (Å²) in [6.45, 7) is 3.03. The van der Waals surface area contributed by atoms with E-state index in [2.05, 4.69) is 5.32 Å². The lowest BCUT2D eigenvalue weighted by atomic mass is 9.89. The van der Waals surface area contributed by atoms with Crippen LogP contribution < -0.4 is 5.32 Å².